The summed E-state index contributed by atoms with van der Waals surface area (Å²) in [5.41, 5.74) is 5.16. The lowest BCUT2D eigenvalue weighted by molar-refractivity contribution is 1.13. The molecule has 0 heterocycles. The highest BCUT2D eigenvalue weighted by Crippen LogP contribution is 2.20. The van der Waals surface area contributed by atoms with Crippen molar-refractivity contribution in [2.24, 2.45) is 0 Å². The molecule has 74 valence electrons. The number of rotatable bonds is 3. The van der Waals surface area contributed by atoms with Crippen LogP contribution in [-0.2, 0) is 6.42 Å². The molecule has 0 fully saturated rings. The molecule has 1 aromatic rings. The first-order valence-electron chi connectivity index (χ1n) is 5.07. The Morgan fingerprint density at radius 2 is 1.93 bits per heavy atom. The van der Waals surface area contributed by atoms with Crippen LogP contribution in [0.15, 0.2) is 42.5 Å². The molecule has 0 atom stereocenters. The predicted octanol–water partition coefficient (Wildman–Crippen LogP) is 4.23. The van der Waals surface area contributed by atoms with Crippen molar-refractivity contribution >= 4 is 5.57 Å². The summed E-state index contributed by atoms with van der Waals surface area (Å²) in [5.74, 6) is 0. The Hall–Kier alpha value is -1.30. The van der Waals surface area contributed by atoms with Crippen molar-refractivity contribution in [3.05, 3.63) is 53.6 Å². The SMILES string of the molecule is C=C(C)/C=C(/C)c1ccccc1CC. The number of hydrogen-bond donors (Lipinski definition) is 0. The molecule has 1 rings (SSSR count). The highest BCUT2D eigenvalue weighted by atomic mass is 14.1. The number of hydrogen-bond acceptors (Lipinski definition) is 0. The van der Waals surface area contributed by atoms with Gasteiger partial charge in [-0.1, -0.05) is 49.4 Å². The third-order valence-corrected chi connectivity index (χ3v) is 2.29. The molecule has 1 aromatic carbocycles. The van der Waals surface area contributed by atoms with Crippen LogP contribution in [-0.4, -0.2) is 0 Å². The van der Waals surface area contributed by atoms with Crippen molar-refractivity contribution in [1.82, 2.24) is 0 Å². The van der Waals surface area contributed by atoms with Gasteiger partial charge in [0.25, 0.3) is 0 Å². The van der Waals surface area contributed by atoms with Crippen LogP contribution in [0.2, 0.25) is 0 Å². The molecule has 0 aliphatic carbocycles. The summed E-state index contributed by atoms with van der Waals surface area (Å²) in [4.78, 5) is 0. The van der Waals surface area contributed by atoms with Crippen molar-refractivity contribution in [3.8, 4) is 0 Å². The van der Waals surface area contributed by atoms with Crippen LogP contribution < -0.4 is 0 Å². The molecule has 0 aliphatic rings. The Morgan fingerprint density at radius 3 is 2.50 bits per heavy atom. The molecule has 0 N–H and O–H groups in total. The molecule has 0 saturated heterocycles. The van der Waals surface area contributed by atoms with Crippen molar-refractivity contribution in [2.45, 2.75) is 27.2 Å². The summed E-state index contributed by atoms with van der Waals surface area (Å²) in [5, 5.41) is 0. The topological polar surface area (TPSA) is 0 Å². The lowest BCUT2D eigenvalue weighted by atomic mass is 9.98. The third-order valence-electron chi connectivity index (χ3n) is 2.29. The zero-order valence-corrected chi connectivity index (χ0v) is 9.30. The maximum absolute atomic E-state index is 3.90. The lowest BCUT2D eigenvalue weighted by Crippen LogP contribution is -1.89. The second-order valence-corrected chi connectivity index (χ2v) is 3.68. The van der Waals surface area contributed by atoms with Gasteiger partial charge in [-0.25, -0.2) is 0 Å². The average molecular weight is 186 g/mol. The minimum absolute atomic E-state index is 1.08. The van der Waals surface area contributed by atoms with E-state index in [4.69, 9.17) is 0 Å². The van der Waals surface area contributed by atoms with E-state index in [1.54, 1.807) is 0 Å². The van der Waals surface area contributed by atoms with Crippen LogP contribution in [0.3, 0.4) is 0 Å². The first-order chi connectivity index (χ1) is 6.65. The fraction of sp³-hybridized carbons (Fsp3) is 0.286. The monoisotopic (exact) mass is 186 g/mol. The van der Waals surface area contributed by atoms with Gasteiger partial charge < -0.3 is 0 Å². The smallest absolute Gasteiger partial charge is 0.0195 e. The minimum atomic E-state index is 1.08. The molecular formula is C14H18. The molecular weight excluding hydrogens is 168 g/mol. The maximum atomic E-state index is 3.90. The maximum Gasteiger partial charge on any atom is -0.0195 e. The van der Waals surface area contributed by atoms with Gasteiger partial charge in [0.2, 0.25) is 0 Å². The molecule has 0 heteroatoms. The second-order valence-electron chi connectivity index (χ2n) is 3.68. The van der Waals surface area contributed by atoms with Crippen LogP contribution in [0.25, 0.3) is 5.57 Å². The van der Waals surface area contributed by atoms with Gasteiger partial charge in [0.05, 0.1) is 0 Å². The highest BCUT2D eigenvalue weighted by molar-refractivity contribution is 5.68. The van der Waals surface area contributed by atoms with Gasteiger partial charge in [0, 0.05) is 0 Å². The Bertz CT molecular complexity index is 356. The van der Waals surface area contributed by atoms with E-state index in [0.29, 0.717) is 0 Å². The molecule has 14 heavy (non-hydrogen) atoms. The first kappa shape index (κ1) is 10.8. The average Bonchev–Trinajstić information content (AvgIpc) is 2.16. The van der Waals surface area contributed by atoms with Crippen molar-refractivity contribution in [3.63, 3.8) is 0 Å². The largest absolute Gasteiger partial charge is 0.0961 e. The van der Waals surface area contributed by atoms with E-state index < -0.39 is 0 Å². The molecule has 0 aromatic heterocycles. The molecule has 0 bridgehead atoms. The van der Waals surface area contributed by atoms with Crippen molar-refractivity contribution < 1.29 is 0 Å². The molecule has 0 nitrogen and oxygen atoms in total. The van der Waals surface area contributed by atoms with E-state index >= 15 is 0 Å². The molecule has 0 unspecified atom stereocenters. The fourth-order valence-corrected chi connectivity index (χ4v) is 1.66. The zero-order valence-electron chi connectivity index (χ0n) is 9.30. The summed E-state index contributed by atoms with van der Waals surface area (Å²) >= 11 is 0. The highest BCUT2D eigenvalue weighted by Gasteiger charge is 2.00. The third kappa shape index (κ3) is 2.59. The Morgan fingerprint density at radius 1 is 1.29 bits per heavy atom. The number of aryl methyl sites for hydroxylation is 1. The second kappa shape index (κ2) is 4.80. The Kier molecular flexibility index (Phi) is 3.70. The molecule has 0 aliphatic heterocycles. The quantitative estimate of drug-likeness (QED) is 0.620. The van der Waals surface area contributed by atoms with Crippen LogP contribution in [0.1, 0.15) is 31.9 Å². The lowest BCUT2D eigenvalue weighted by Gasteiger charge is -2.07. The Labute approximate surface area is 87.0 Å². The van der Waals surface area contributed by atoms with Gasteiger partial charge >= 0.3 is 0 Å². The van der Waals surface area contributed by atoms with Gasteiger partial charge in [-0.3, -0.25) is 0 Å². The van der Waals surface area contributed by atoms with Gasteiger partial charge in [-0.05, 0) is 37.0 Å². The van der Waals surface area contributed by atoms with Crippen molar-refractivity contribution in [1.29, 1.82) is 0 Å². The normalized spacial score (nSPS) is 11.5. The van der Waals surface area contributed by atoms with Crippen LogP contribution in [0.4, 0.5) is 0 Å². The standard InChI is InChI=1S/C14H18/c1-5-13-8-6-7-9-14(13)12(4)10-11(2)3/h6-10H,2,5H2,1,3-4H3/b12-10-. The van der Waals surface area contributed by atoms with E-state index in [9.17, 15) is 0 Å². The summed E-state index contributed by atoms with van der Waals surface area (Å²) in [6.45, 7) is 10.3. The first-order valence-corrected chi connectivity index (χ1v) is 5.07. The molecule has 0 amide bonds. The number of allylic oxidation sites excluding steroid dienone is 3. The van der Waals surface area contributed by atoms with Gasteiger partial charge in [0.1, 0.15) is 0 Å². The van der Waals surface area contributed by atoms with Gasteiger partial charge in [-0.15, -0.1) is 0 Å². The summed E-state index contributed by atoms with van der Waals surface area (Å²) in [7, 11) is 0. The summed E-state index contributed by atoms with van der Waals surface area (Å²) < 4.78 is 0. The fourth-order valence-electron chi connectivity index (χ4n) is 1.66. The summed E-state index contributed by atoms with van der Waals surface area (Å²) in [6.07, 6.45) is 3.21. The van der Waals surface area contributed by atoms with E-state index in [1.807, 2.05) is 6.92 Å². The van der Waals surface area contributed by atoms with E-state index in [-0.39, 0.29) is 0 Å². The van der Waals surface area contributed by atoms with Crippen LogP contribution >= 0.6 is 0 Å². The predicted molar refractivity (Wildman–Crippen MR) is 64.3 cm³/mol. The van der Waals surface area contributed by atoms with E-state index in [2.05, 4.69) is 50.8 Å². The number of benzene rings is 1. The minimum Gasteiger partial charge on any atom is -0.0961 e. The zero-order chi connectivity index (χ0) is 10.6. The Balaban J connectivity index is 3.11. The van der Waals surface area contributed by atoms with Crippen molar-refractivity contribution in [2.75, 3.05) is 0 Å². The van der Waals surface area contributed by atoms with E-state index in [1.165, 1.54) is 16.7 Å². The van der Waals surface area contributed by atoms with Gasteiger partial charge in [0.15, 0.2) is 0 Å². The van der Waals surface area contributed by atoms with E-state index in [0.717, 1.165) is 12.0 Å². The van der Waals surface area contributed by atoms with Crippen LogP contribution in [0.5, 0.6) is 0 Å². The molecule has 0 spiro atoms. The molecule has 0 saturated carbocycles. The summed E-state index contributed by atoms with van der Waals surface area (Å²) in [6, 6.07) is 8.54. The van der Waals surface area contributed by atoms with Gasteiger partial charge in [-0.2, -0.15) is 0 Å². The molecule has 0 radical (unpaired) electrons. The van der Waals surface area contributed by atoms with Crippen LogP contribution in [0, 0.1) is 0 Å².